The van der Waals surface area contributed by atoms with Crippen molar-refractivity contribution >= 4 is 0 Å². The highest BCUT2D eigenvalue weighted by Gasteiger charge is 2.22. The van der Waals surface area contributed by atoms with Crippen molar-refractivity contribution in [3.8, 4) is 11.5 Å². The second-order valence-corrected chi connectivity index (χ2v) is 6.40. The molecule has 134 valence electrons. The van der Waals surface area contributed by atoms with Crippen LogP contribution in [0.2, 0.25) is 0 Å². The number of ether oxygens (including phenoxy) is 1. The van der Waals surface area contributed by atoms with E-state index >= 15 is 0 Å². The van der Waals surface area contributed by atoms with E-state index in [2.05, 4.69) is 25.0 Å². The third-order valence-electron chi connectivity index (χ3n) is 4.39. The van der Waals surface area contributed by atoms with Crippen LogP contribution < -0.4 is 0 Å². The van der Waals surface area contributed by atoms with Crippen molar-refractivity contribution in [2.24, 2.45) is 0 Å². The van der Waals surface area contributed by atoms with E-state index in [0.717, 1.165) is 37.2 Å². The Bertz CT molecular complexity index is 809. The minimum absolute atomic E-state index is 0.210. The number of hydrogen-bond acceptors (Lipinski definition) is 7. The van der Waals surface area contributed by atoms with Gasteiger partial charge in [0, 0.05) is 25.1 Å². The molecule has 3 aromatic heterocycles. The lowest BCUT2D eigenvalue weighted by Crippen LogP contribution is -2.39. The van der Waals surface area contributed by atoms with Crippen molar-refractivity contribution in [2.45, 2.75) is 32.1 Å². The standard InChI is InChI=1S/C19H21N5O2/c1-2-9-21-17(7-1)19-22-18(26-23-19)13-24-10-4-6-16(12-24)25-14-15-5-3-8-20-11-15/h1-3,5,7-9,11,16H,4,6,10,12-14H2/t16-/m0/s1. The molecule has 0 aromatic carbocycles. The van der Waals surface area contributed by atoms with Crippen molar-refractivity contribution < 1.29 is 9.26 Å². The maximum Gasteiger partial charge on any atom is 0.241 e. The number of hydrogen-bond donors (Lipinski definition) is 0. The van der Waals surface area contributed by atoms with Crippen LogP contribution in [0.4, 0.5) is 0 Å². The average Bonchev–Trinajstić information content (AvgIpc) is 3.17. The van der Waals surface area contributed by atoms with Crippen LogP contribution in [-0.2, 0) is 17.9 Å². The van der Waals surface area contributed by atoms with Gasteiger partial charge in [-0.15, -0.1) is 0 Å². The molecule has 0 bridgehead atoms. The minimum Gasteiger partial charge on any atom is -0.372 e. The molecule has 0 unspecified atom stereocenters. The summed E-state index contributed by atoms with van der Waals surface area (Å²) in [7, 11) is 0. The molecule has 7 nitrogen and oxygen atoms in total. The number of aromatic nitrogens is 4. The Hall–Kier alpha value is -2.64. The van der Waals surface area contributed by atoms with Crippen molar-refractivity contribution in [3.05, 3.63) is 60.4 Å². The highest BCUT2D eigenvalue weighted by molar-refractivity contribution is 5.46. The Morgan fingerprint density at radius 3 is 3.04 bits per heavy atom. The van der Waals surface area contributed by atoms with E-state index in [-0.39, 0.29) is 6.10 Å². The molecule has 0 aliphatic carbocycles. The van der Waals surface area contributed by atoms with E-state index in [1.165, 1.54) is 0 Å². The van der Waals surface area contributed by atoms with Crippen LogP contribution in [0.5, 0.6) is 0 Å². The summed E-state index contributed by atoms with van der Waals surface area (Å²) in [5, 5.41) is 4.03. The summed E-state index contributed by atoms with van der Waals surface area (Å²) < 4.78 is 11.4. The molecule has 1 fully saturated rings. The molecule has 1 atom stereocenters. The Morgan fingerprint density at radius 2 is 2.19 bits per heavy atom. The fourth-order valence-electron chi connectivity index (χ4n) is 3.10. The molecule has 0 saturated carbocycles. The predicted octanol–water partition coefficient (Wildman–Crippen LogP) is 2.71. The third-order valence-corrected chi connectivity index (χ3v) is 4.39. The van der Waals surface area contributed by atoms with Crippen molar-refractivity contribution in [1.82, 2.24) is 25.0 Å². The van der Waals surface area contributed by atoms with Crippen LogP contribution in [-0.4, -0.2) is 44.2 Å². The van der Waals surface area contributed by atoms with Gasteiger partial charge < -0.3 is 9.26 Å². The fraction of sp³-hybridized carbons (Fsp3) is 0.368. The summed E-state index contributed by atoms with van der Waals surface area (Å²) in [5.41, 5.74) is 1.82. The second kappa shape index (κ2) is 8.16. The lowest BCUT2D eigenvalue weighted by Gasteiger charge is -2.31. The number of likely N-dealkylation sites (tertiary alicyclic amines) is 1. The third kappa shape index (κ3) is 4.30. The van der Waals surface area contributed by atoms with Gasteiger partial charge in [0.1, 0.15) is 5.69 Å². The Kier molecular flexibility index (Phi) is 5.27. The summed E-state index contributed by atoms with van der Waals surface area (Å²) in [6.07, 6.45) is 7.72. The van der Waals surface area contributed by atoms with Gasteiger partial charge in [-0.2, -0.15) is 4.98 Å². The minimum atomic E-state index is 0.210. The maximum absolute atomic E-state index is 6.05. The Labute approximate surface area is 152 Å². The van der Waals surface area contributed by atoms with Gasteiger partial charge in [-0.05, 0) is 43.1 Å². The molecule has 0 spiro atoms. The molecule has 3 aromatic rings. The van der Waals surface area contributed by atoms with Gasteiger partial charge in [0.05, 0.1) is 19.3 Å². The predicted molar refractivity (Wildman–Crippen MR) is 94.9 cm³/mol. The van der Waals surface area contributed by atoms with Gasteiger partial charge in [-0.1, -0.05) is 17.3 Å². The zero-order chi connectivity index (χ0) is 17.6. The van der Waals surface area contributed by atoms with Gasteiger partial charge >= 0.3 is 0 Å². The number of nitrogens with zero attached hydrogens (tertiary/aromatic N) is 5. The second-order valence-electron chi connectivity index (χ2n) is 6.40. The molecule has 1 saturated heterocycles. The van der Waals surface area contributed by atoms with Crippen LogP contribution in [0.15, 0.2) is 53.4 Å². The van der Waals surface area contributed by atoms with Gasteiger partial charge in [-0.25, -0.2) is 0 Å². The van der Waals surface area contributed by atoms with E-state index in [1.807, 2.05) is 36.5 Å². The molecule has 0 radical (unpaired) electrons. The topological polar surface area (TPSA) is 77.2 Å². The van der Waals surface area contributed by atoms with Gasteiger partial charge in [0.2, 0.25) is 11.7 Å². The zero-order valence-corrected chi connectivity index (χ0v) is 14.5. The van der Waals surface area contributed by atoms with Crippen molar-refractivity contribution in [2.75, 3.05) is 13.1 Å². The SMILES string of the molecule is c1ccc(-c2noc(CN3CCC[C@H](OCc4cccnc4)C3)n2)nc1. The molecule has 1 aliphatic heterocycles. The largest absolute Gasteiger partial charge is 0.372 e. The van der Waals surface area contributed by atoms with E-state index in [1.54, 1.807) is 12.4 Å². The molecular weight excluding hydrogens is 330 g/mol. The summed E-state index contributed by atoms with van der Waals surface area (Å²) in [4.78, 5) is 15.1. The fourth-order valence-corrected chi connectivity index (χ4v) is 3.10. The van der Waals surface area contributed by atoms with Crippen LogP contribution >= 0.6 is 0 Å². The first kappa shape index (κ1) is 16.8. The van der Waals surface area contributed by atoms with Crippen LogP contribution in [0.25, 0.3) is 11.5 Å². The van der Waals surface area contributed by atoms with Crippen LogP contribution in [0.1, 0.15) is 24.3 Å². The van der Waals surface area contributed by atoms with Gasteiger partial charge in [-0.3, -0.25) is 14.9 Å². The van der Waals surface area contributed by atoms with Gasteiger partial charge in [0.15, 0.2) is 0 Å². The lowest BCUT2D eigenvalue weighted by molar-refractivity contribution is -0.0142. The van der Waals surface area contributed by atoms with Crippen LogP contribution in [0, 0.1) is 0 Å². The first-order valence-corrected chi connectivity index (χ1v) is 8.84. The molecule has 4 rings (SSSR count). The van der Waals surface area contributed by atoms with Crippen molar-refractivity contribution in [1.29, 1.82) is 0 Å². The van der Waals surface area contributed by atoms with E-state index in [9.17, 15) is 0 Å². The summed E-state index contributed by atoms with van der Waals surface area (Å²) in [6.45, 7) is 3.10. The van der Waals surface area contributed by atoms with Gasteiger partial charge in [0.25, 0.3) is 0 Å². The lowest BCUT2D eigenvalue weighted by atomic mass is 10.1. The van der Waals surface area contributed by atoms with Crippen LogP contribution in [0.3, 0.4) is 0 Å². The normalized spacial score (nSPS) is 18.1. The average molecular weight is 351 g/mol. The quantitative estimate of drug-likeness (QED) is 0.676. The molecule has 0 amide bonds. The number of rotatable bonds is 6. The monoisotopic (exact) mass is 351 g/mol. The molecule has 7 heteroatoms. The Balaban J connectivity index is 1.32. The molecule has 26 heavy (non-hydrogen) atoms. The summed E-state index contributed by atoms with van der Waals surface area (Å²) in [5.74, 6) is 1.14. The van der Waals surface area contributed by atoms with E-state index in [4.69, 9.17) is 9.26 Å². The maximum atomic E-state index is 6.05. The first-order chi connectivity index (χ1) is 12.9. The number of pyridine rings is 2. The molecule has 4 heterocycles. The van der Waals surface area contributed by atoms with E-state index in [0.29, 0.717) is 24.9 Å². The zero-order valence-electron chi connectivity index (χ0n) is 14.5. The Morgan fingerprint density at radius 1 is 1.19 bits per heavy atom. The highest BCUT2D eigenvalue weighted by atomic mass is 16.5. The summed E-state index contributed by atoms with van der Waals surface area (Å²) in [6, 6.07) is 9.61. The first-order valence-electron chi connectivity index (χ1n) is 8.84. The van der Waals surface area contributed by atoms with E-state index < -0.39 is 0 Å². The number of piperidine rings is 1. The summed E-state index contributed by atoms with van der Waals surface area (Å²) >= 11 is 0. The molecule has 0 N–H and O–H groups in total. The molecular formula is C19H21N5O2. The van der Waals surface area contributed by atoms with Crippen molar-refractivity contribution in [3.63, 3.8) is 0 Å². The molecule has 1 aliphatic rings. The smallest absolute Gasteiger partial charge is 0.241 e. The highest BCUT2D eigenvalue weighted by Crippen LogP contribution is 2.18.